The van der Waals surface area contributed by atoms with Crippen molar-refractivity contribution >= 4 is 39.5 Å². The molecule has 0 radical (unpaired) electrons. The van der Waals surface area contributed by atoms with E-state index in [0.717, 1.165) is 10.0 Å². The van der Waals surface area contributed by atoms with Gasteiger partial charge in [0.1, 0.15) is 5.82 Å². The van der Waals surface area contributed by atoms with Gasteiger partial charge >= 0.3 is 6.01 Å². The van der Waals surface area contributed by atoms with Crippen LogP contribution in [0.25, 0.3) is 0 Å². The van der Waals surface area contributed by atoms with Crippen molar-refractivity contribution in [2.24, 2.45) is 0 Å². The molecule has 0 saturated carbocycles. The molecule has 0 bridgehead atoms. The lowest BCUT2D eigenvalue weighted by Gasteiger charge is -2.03. The van der Waals surface area contributed by atoms with Crippen LogP contribution in [-0.4, -0.2) is 16.1 Å². The Hall–Kier alpha value is -2.25. The van der Waals surface area contributed by atoms with E-state index < -0.39 is 5.91 Å². The van der Waals surface area contributed by atoms with Crippen molar-refractivity contribution in [3.8, 4) is 0 Å². The van der Waals surface area contributed by atoms with Crippen molar-refractivity contribution in [3.63, 3.8) is 0 Å². The number of nitrogens with one attached hydrogen (secondary N) is 1. The normalized spacial score (nSPS) is 10.6. The summed E-state index contributed by atoms with van der Waals surface area (Å²) in [7, 11) is 0. The number of hydrogen-bond acceptors (Lipinski definition) is 4. The van der Waals surface area contributed by atoms with Crippen molar-refractivity contribution < 1.29 is 13.6 Å². The molecular formula is C16H10BrClFN3O2. The summed E-state index contributed by atoms with van der Waals surface area (Å²) in [6.07, 6.45) is 0.334. The molecule has 1 amide bonds. The first-order valence-corrected chi connectivity index (χ1v) is 8.01. The highest BCUT2D eigenvalue weighted by molar-refractivity contribution is 9.10. The second-order valence-electron chi connectivity index (χ2n) is 4.88. The van der Waals surface area contributed by atoms with E-state index in [9.17, 15) is 9.18 Å². The van der Waals surface area contributed by atoms with Crippen LogP contribution in [0.15, 0.2) is 51.4 Å². The van der Waals surface area contributed by atoms with E-state index in [1.165, 1.54) is 12.1 Å². The zero-order valence-electron chi connectivity index (χ0n) is 12.1. The van der Waals surface area contributed by atoms with E-state index in [4.69, 9.17) is 16.0 Å². The Balaban J connectivity index is 1.70. The Morgan fingerprint density at radius 2 is 1.96 bits per heavy atom. The van der Waals surface area contributed by atoms with Crippen molar-refractivity contribution in [1.29, 1.82) is 0 Å². The molecule has 0 saturated heterocycles. The highest BCUT2D eigenvalue weighted by Gasteiger charge is 2.15. The molecule has 0 aliphatic carbocycles. The fraction of sp³-hybridized carbons (Fsp3) is 0.0625. The first kappa shape index (κ1) is 16.6. The van der Waals surface area contributed by atoms with Gasteiger partial charge in [-0.1, -0.05) is 44.8 Å². The van der Waals surface area contributed by atoms with Gasteiger partial charge in [0.05, 0.1) is 17.0 Å². The molecule has 2 aromatic carbocycles. The maximum absolute atomic E-state index is 12.9. The predicted molar refractivity (Wildman–Crippen MR) is 90.6 cm³/mol. The molecule has 0 fully saturated rings. The molecule has 3 rings (SSSR count). The largest absolute Gasteiger partial charge is 0.407 e. The summed E-state index contributed by atoms with van der Waals surface area (Å²) < 4.78 is 19.0. The number of carbonyl (C=O) groups is 1. The number of halogens is 3. The van der Waals surface area contributed by atoms with Gasteiger partial charge in [0, 0.05) is 4.47 Å². The van der Waals surface area contributed by atoms with Crippen LogP contribution in [0, 0.1) is 5.82 Å². The number of benzene rings is 2. The molecule has 8 heteroatoms. The van der Waals surface area contributed by atoms with Crippen molar-refractivity contribution in [1.82, 2.24) is 10.2 Å². The summed E-state index contributed by atoms with van der Waals surface area (Å²) in [6, 6.07) is 10.8. The molecular weight excluding hydrogens is 401 g/mol. The van der Waals surface area contributed by atoms with Crippen LogP contribution in [0.4, 0.5) is 10.4 Å². The maximum Gasteiger partial charge on any atom is 0.322 e. The highest BCUT2D eigenvalue weighted by Crippen LogP contribution is 2.22. The summed E-state index contributed by atoms with van der Waals surface area (Å²) >= 11 is 9.28. The maximum atomic E-state index is 12.9. The van der Waals surface area contributed by atoms with Crippen molar-refractivity contribution in [3.05, 3.63) is 74.8 Å². The minimum absolute atomic E-state index is 0.0341. The van der Waals surface area contributed by atoms with Gasteiger partial charge in [0.15, 0.2) is 0 Å². The molecule has 3 aromatic rings. The van der Waals surface area contributed by atoms with E-state index >= 15 is 0 Å². The number of amides is 1. The number of aromatic nitrogens is 2. The van der Waals surface area contributed by atoms with Gasteiger partial charge in [-0.25, -0.2) is 4.39 Å². The zero-order chi connectivity index (χ0) is 17.1. The smallest absolute Gasteiger partial charge is 0.322 e. The summed E-state index contributed by atoms with van der Waals surface area (Å²) in [5, 5.41) is 10.4. The van der Waals surface area contributed by atoms with Crippen molar-refractivity contribution in [2.75, 3.05) is 5.32 Å². The van der Waals surface area contributed by atoms with E-state index in [-0.39, 0.29) is 17.4 Å². The number of rotatable bonds is 4. The average Bonchev–Trinajstić information content (AvgIpc) is 2.99. The molecule has 0 unspecified atom stereocenters. The van der Waals surface area contributed by atoms with E-state index in [1.54, 1.807) is 30.3 Å². The van der Waals surface area contributed by atoms with Gasteiger partial charge in [0.2, 0.25) is 5.89 Å². The lowest BCUT2D eigenvalue weighted by atomic mass is 10.1. The first-order chi connectivity index (χ1) is 11.5. The third kappa shape index (κ3) is 3.98. The van der Waals surface area contributed by atoms with Gasteiger partial charge in [-0.2, -0.15) is 0 Å². The van der Waals surface area contributed by atoms with Crippen LogP contribution in [-0.2, 0) is 6.42 Å². The lowest BCUT2D eigenvalue weighted by molar-refractivity contribution is 0.102. The minimum atomic E-state index is -0.460. The van der Waals surface area contributed by atoms with Gasteiger partial charge < -0.3 is 4.42 Å². The Labute approximate surface area is 150 Å². The molecule has 0 aliphatic heterocycles. The second-order valence-corrected chi connectivity index (χ2v) is 6.21. The zero-order valence-corrected chi connectivity index (χ0v) is 14.4. The molecule has 0 spiro atoms. The van der Waals surface area contributed by atoms with Crippen LogP contribution in [0.5, 0.6) is 0 Å². The summed E-state index contributed by atoms with van der Waals surface area (Å²) in [4.78, 5) is 12.2. The molecule has 1 aromatic heterocycles. The number of nitrogens with zero attached hydrogens (tertiary/aromatic N) is 2. The molecule has 24 heavy (non-hydrogen) atoms. The average molecular weight is 411 g/mol. The third-order valence-electron chi connectivity index (χ3n) is 3.13. The van der Waals surface area contributed by atoms with Gasteiger partial charge in [-0.05, 0) is 35.9 Å². The van der Waals surface area contributed by atoms with Gasteiger partial charge in [0.25, 0.3) is 5.91 Å². The van der Waals surface area contributed by atoms with Crippen molar-refractivity contribution in [2.45, 2.75) is 6.42 Å². The summed E-state index contributed by atoms with van der Waals surface area (Å²) in [5.74, 6) is -0.473. The van der Waals surface area contributed by atoms with Crippen LogP contribution in [0.3, 0.4) is 0 Å². The number of anilines is 1. The molecule has 0 atom stereocenters. The van der Waals surface area contributed by atoms with E-state index in [1.807, 2.05) is 0 Å². The van der Waals surface area contributed by atoms with Crippen LogP contribution in [0.1, 0.15) is 21.8 Å². The Morgan fingerprint density at radius 3 is 2.71 bits per heavy atom. The molecule has 1 N–H and O–H groups in total. The molecule has 122 valence electrons. The molecule has 5 nitrogen and oxygen atoms in total. The monoisotopic (exact) mass is 409 g/mol. The van der Waals surface area contributed by atoms with Crippen LogP contribution >= 0.6 is 27.5 Å². The number of carbonyl (C=O) groups excluding carboxylic acids is 1. The fourth-order valence-electron chi connectivity index (χ4n) is 1.99. The summed E-state index contributed by atoms with van der Waals surface area (Å²) in [6.45, 7) is 0. The quantitative estimate of drug-likeness (QED) is 0.689. The Kier molecular flexibility index (Phi) is 4.92. The molecule has 0 aliphatic rings. The minimum Gasteiger partial charge on any atom is -0.407 e. The number of hydrogen-bond donors (Lipinski definition) is 1. The lowest BCUT2D eigenvalue weighted by Crippen LogP contribution is -2.12. The Morgan fingerprint density at radius 1 is 1.21 bits per heavy atom. The Bertz CT molecular complexity index is 883. The molecule has 1 heterocycles. The summed E-state index contributed by atoms with van der Waals surface area (Å²) in [5.41, 5.74) is 1.09. The first-order valence-electron chi connectivity index (χ1n) is 6.84. The third-order valence-corrected chi connectivity index (χ3v) is 3.95. The van der Waals surface area contributed by atoms with Crippen LogP contribution in [0.2, 0.25) is 5.02 Å². The standard InChI is InChI=1S/C16H10BrClFN3O2/c17-10-3-6-13(18)12(8-10)15(23)20-16-22-21-14(24-16)7-9-1-4-11(19)5-2-9/h1-6,8H,7H2,(H,20,22,23). The van der Waals surface area contributed by atoms with E-state index in [2.05, 4.69) is 31.4 Å². The topological polar surface area (TPSA) is 68.0 Å². The van der Waals surface area contributed by atoms with Gasteiger partial charge in [-0.3, -0.25) is 10.1 Å². The predicted octanol–water partition coefficient (Wildman–Crippen LogP) is 4.47. The second kappa shape index (κ2) is 7.11. The van der Waals surface area contributed by atoms with Gasteiger partial charge in [-0.15, -0.1) is 5.10 Å². The highest BCUT2D eigenvalue weighted by atomic mass is 79.9. The fourth-order valence-corrected chi connectivity index (χ4v) is 2.55. The van der Waals surface area contributed by atoms with Crippen LogP contribution < -0.4 is 5.32 Å². The SMILES string of the molecule is O=C(Nc1nnc(Cc2ccc(F)cc2)o1)c1cc(Br)ccc1Cl. The van der Waals surface area contributed by atoms with E-state index in [0.29, 0.717) is 17.3 Å².